The van der Waals surface area contributed by atoms with Crippen molar-refractivity contribution in [3.63, 3.8) is 0 Å². The number of fused-ring (bicyclic) bond motifs is 1. The summed E-state index contributed by atoms with van der Waals surface area (Å²) in [6.45, 7) is 2.88. The third-order valence-electron chi connectivity index (χ3n) is 5.67. The molecule has 0 aliphatic carbocycles. The maximum Gasteiger partial charge on any atom is 0.321 e. The van der Waals surface area contributed by atoms with Crippen LogP contribution in [0.25, 0.3) is 10.2 Å². The van der Waals surface area contributed by atoms with Gasteiger partial charge in [-0.15, -0.1) is 0 Å². The van der Waals surface area contributed by atoms with Gasteiger partial charge in [-0.05, 0) is 50.2 Å². The number of hydrogen-bond acceptors (Lipinski definition) is 9. The molecule has 1 atom stereocenters. The largest absolute Gasteiger partial charge is 0.395 e. The molecule has 2 aromatic carbocycles. The van der Waals surface area contributed by atoms with Gasteiger partial charge in [0.2, 0.25) is 5.50 Å². The highest BCUT2D eigenvalue weighted by Gasteiger charge is 2.57. The molecule has 2 heterocycles. The van der Waals surface area contributed by atoms with E-state index in [1.165, 1.54) is 48.3 Å². The molecule has 194 valence electrons. The number of carbonyl (C=O) groups is 2. The summed E-state index contributed by atoms with van der Waals surface area (Å²) in [7, 11) is -4.88. The highest BCUT2D eigenvalue weighted by atomic mass is 35.5. The number of benzene rings is 2. The average Bonchev–Trinajstić information content (AvgIpc) is 3.32. The predicted octanol–water partition coefficient (Wildman–Crippen LogP) is 2.74. The van der Waals surface area contributed by atoms with Gasteiger partial charge < -0.3 is 15.3 Å². The Morgan fingerprint density at radius 2 is 1.97 bits per heavy atom. The molecule has 4 N–H and O–H groups in total. The zero-order valence-corrected chi connectivity index (χ0v) is 21.9. The molecule has 0 saturated carbocycles. The van der Waals surface area contributed by atoms with Gasteiger partial charge in [-0.1, -0.05) is 22.9 Å². The van der Waals surface area contributed by atoms with Crippen LogP contribution in [-0.4, -0.2) is 59.2 Å². The summed E-state index contributed by atoms with van der Waals surface area (Å²) >= 11 is 7.30. The molecule has 0 spiro atoms. The molecule has 1 saturated heterocycles. The first-order valence-corrected chi connectivity index (χ1v) is 13.4. The minimum absolute atomic E-state index is 0.0186. The molecule has 1 unspecified atom stereocenters. The smallest absolute Gasteiger partial charge is 0.321 e. The van der Waals surface area contributed by atoms with Crippen molar-refractivity contribution in [3.8, 4) is 6.07 Å². The standard InChI is InChI=1S/C22H21ClN6O6S2/c1-22(2)18(31)28(13-4-3-12(11-24)15(23)9-13)21(37(33,34)35)29(22)14-5-6-17-16(10-14)26-20(36-17)27-19(32)25-7-8-30/h3-6,9-10,21,30H,7-8H2,1-2H3,(H,33,34,35)(H2,25,26,27,32). The molecule has 1 aromatic heterocycles. The zero-order chi connectivity index (χ0) is 27.1. The monoisotopic (exact) mass is 564 g/mol. The van der Waals surface area contributed by atoms with Gasteiger partial charge in [-0.25, -0.2) is 9.78 Å². The number of anilines is 3. The van der Waals surface area contributed by atoms with E-state index in [1.807, 2.05) is 6.07 Å². The lowest BCUT2D eigenvalue weighted by atomic mass is 10.0. The van der Waals surface area contributed by atoms with Gasteiger partial charge >= 0.3 is 16.1 Å². The van der Waals surface area contributed by atoms with Gasteiger partial charge in [0.15, 0.2) is 5.13 Å². The minimum atomic E-state index is -4.88. The van der Waals surface area contributed by atoms with Gasteiger partial charge in [0, 0.05) is 17.9 Å². The van der Waals surface area contributed by atoms with Crippen LogP contribution >= 0.6 is 22.9 Å². The van der Waals surface area contributed by atoms with E-state index in [0.717, 1.165) is 4.90 Å². The molecule has 15 heteroatoms. The summed E-state index contributed by atoms with van der Waals surface area (Å²) in [5.41, 5.74) is -2.36. The van der Waals surface area contributed by atoms with Crippen LogP contribution in [0.5, 0.6) is 0 Å². The molecule has 0 radical (unpaired) electrons. The molecular formula is C22H21ClN6O6S2. The van der Waals surface area contributed by atoms with Crippen LogP contribution in [0.15, 0.2) is 36.4 Å². The fourth-order valence-electron chi connectivity index (χ4n) is 4.03. The van der Waals surface area contributed by atoms with Crippen molar-refractivity contribution >= 4 is 71.7 Å². The van der Waals surface area contributed by atoms with Crippen molar-refractivity contribution in [1.82, 2.24) is 10.3 Å². The lowest BCUT2D eigenvalue weighted by Crippen LogP contribution is -2.49. The van der Waals surface area contributed by atoms with Crippen LogP contribution in [0.4, 0.5) is 21.3 Å². The third kappa shape index (κ3) is 4.91. The second-order valence-corrected chi connectivity index (χ2v) is 11.4. The third-order valence-corrected chi connectivity index (χ3v) is 7.89. The fraction of sp³-hybridized carbons (Fsp3) is 0.273. The van der Waals surface area contributed by atoms with Crippen molar-refractivity contribution in [3.05, 3.63) is 47.0 Å². The fourth-order valence-corrected chi connectivity index (χ4v) is 6.22. The highest BCUT2D eigenvalue weighted by Crippen LogP contribution is 2.42. The summed E-state index contributed by atoms with van der Waals surface area (Å²) in [4.78, 5) is 32.0. The van der Waals surface area contributed by atoms with Crippen LogP contribution in [0.2, 0.25) is 5.02 Å². The number of nitriles is 1. The van der Waals surface area contributed by atoms with Crippen molar-refractivity contribution in [1.29, 1.82) is 5.26 Å². The Balaban J connectivity index is 1.78. The van der Waals surface area contributed by atoms with E-state index in [4.69, 9.17) is 22.0 Å². The number of nitrogens with one attached hydrogen (secondary N) is 2. The first-order valence-electron chi connectivity index (χ1n) is 10.7. The normalized spacial score (nSPS) is 17.2. The first kappa shape index (κ1) is 26.6. The summed E-state index contributed by atoms with van der Waals surface area (Å²) in [5, 5.41) is 23.3. The van der Waals surface area contributed by atoms with E-state index < -0.39 is 33.1 Å². The Kier molecular flexibility index (Phi) is 7.01. The Bertz CT molecular complexity index is 1550. The lowest BCUT2D eigenvalue weighted by Gasteiger charge is -2.34. The maximum atomic E-state index is 13.5. The van der Waals surface area contributed by atoms with Gasteiger partial charge in [0.05, 0.1) is 27.4 Å². The highest BCUT2D eigenvalue weighted by molar-refractivity contribution is 7.86. The van der Waals surface area contributed by atoms with E-state index >= 15 is 0 Å². The minimum Gasteiger partial charge on any atom is -0.395 e. The summed E-state index contributed by atoms with van der Waals surface area (Å²) in [5.74, 6) is -0.628. The average molecular weight is 565 g/mol. The number of nitrogens with zero attached hydrogens (tertiary/aromatic N) is 4. The first-order chi connectivity index (χ1) is 17.4. The number of thiazole rings is 1. The number of carbonyl (C=O) groups excluding carboxylic acids is 2. The van der Waals surface area contributed by atoms with Crippen LogP contribution < -0.4 is 20.4 Å². The number of aliphatic hydroxyl groups excluding tert-OH is 1. The van der Waals surface area contributed by atoms with Gasteiger partial charge in [0.25, 0.3) is 5.91 Å². The van der Waals surface area contributed by atoms with Crippen LogP contribution in [0.3, 0.4) is 0 Å². The molecule has 0 bridgehead atoms. The number of urea groups is 1. The molecule has 3 amide bonds. The number of aliphatic hydroxyl groups is 1. The van der Waals surface area contributed by atoms with E-state index in [1.54, 1.807) is 18.2 Å². The van der Waals surface area contributed by atoms with Crippen molar-refractivity contribution in [2.24, 2.45) is 0 Å². The van der Waals surface area contributed by atoms with Crippen LogP contribution in [0, 0.1) is 11.3 Å². The number of hydrogen-bond donors (Lipinski definition) is 4. The van der Waals surface area contributed by atoms with E-state index in [0.29, 0.717) is 10.2 Å². The summed E-state index contributed by atoms with van der Waals surface area (Å²) in [6, 6.07) is 10.2. The topological polar surface area (TPSA) is 176 Å². The predicted molar refractivity (Wildman–Crippen MR) is 139 cm³/mol. The number of aromatic nitrogens is 1. The van der Waals surface area contributed by atoms with Gasteiger partial charge in [-0.2, -0.15) is 13.7 Å². The van der Waals surface area contributed by atoms with Gasteiger partial charge in [-0.3, -0.25) is 19.6 Å². The molecule has 1 fully saturated rings. The van der Waals surface area contributed by atoms with Crippen LogP contribution in [-0.2, 0) is 14.9 Å². The molecule has 1 aliphatic rings. The number of halogens is 1. The Morgan fingerprint density at radius 3 is 2.59 bits per heavy atom. The SMILES string of the molecule is CC1(C)C(=O)N(c2ccc(C#N)c(Cl)c2)C(S(=O)(=O)O)N1c1ccc2sc(NC(=O)NCCO)nc2c1. The lowest BCUT2D eigenvalue weighted by molar-refractivity contribution is -0.120. The number of amides is 3. The van der Waals surface area contributed by atoms with E-state index in [9.17, 15) is 22.6 Å². The molecule has 37 heavy (non-hydrogen) atoms. The summed E-state index contributed by atoms with van der Waals surface area (Å²) in [6.07, 6.45) is 0. The Labute approximate surface area is 220 Å². The molecule has 4 rings (SSSR count). The molecule has 3 aromatic rings. The van der Waals surface area contributed by atoms with Crippen molar-refractivity contribution < 1.29 is 27.7 Å². The van der Waals surface area contributed by atoms with Crippen LogP contribution in [0.1, 0.15) is 19.4 Å². The Hall–Kier alpha value is -3.48. The van der Waals surface area contributed by atoms with Crippen molar-refractivity contribution in [2.45, 2.75) is 24.9 Å². The second kappa shape index (κ2) is 9.77. The Morgan fingerprint density at radius 1 is 1.27 bits per heavy atom. The maximum absolute atomic E-state index is 13.5. The summed E-state index contributed by atoms with van der Waals surface area (Å²) < 4.78 is 36.3. The van der Waals surface area contributed by atoms with E-state index in [2.05, 4.69) is 15.6 Å². The quantitative estimate of drug-likeness (QED) is 0.328. The molecule has 12 nitrogen and oxygen atoms in total. The van der Waals surface area contributed by atoms with Gasteiger partial charge in [0.1, 0.15) is 11.6 Å². The van der Waals surface area contributed by atoms with E-state index in [-0.39, 0.29) is 40.2 Å². The second-order valence-electron chi connectivity index (χ2n) is 8.50. The molecular weight excluding hydrogens is 544 g/mol. The molecule has 1 aliphatic heterocycles. The van der Waals surface area contributed by atoms with Crippen molar-refractivity contribution in [2.75, 3.05) is 28.3 Å². The zero-order valence-electron chi connectivity index (χ0n) is 19.5. The number of rotatable bonds is 6.